The Labute approximate surface area is 154 Å². The van der Waals surface area contributed by atoms with Crippen molar-refractivity contribution in [2.24, 2.45) is 0 Å². The smallest absolute Gasteiger partial charge is 0.354 e. The molecule has 2 N–H and O–H groups in total. The van der Waals surface area contributed by atoms with Crippen LogP contribution in [0.3, 0.4) is 0 Å². The lowest BCUT2D eigenvalue weighted by Gasteiger charge is -2.14. The van der Waals surface area contributed by atoms with Gasteiger partial charge >= 0.3 is 6.18 Å². The number of hydrogen-bond acceptors (Lipinski definition) is 5. The van der Waals surface area contributed by atoms with E-state index in [1.165, 1.54) is 13.0 Å². The molecule has 2 heterocycles. The molecule has 2 aromatic heterocycles. The zero-order valence-electron chi connectivity index (χ0n) is 14.8. The molecule has 0 spiro atoms. The summed E-state index contributed by atoms with van der Waals surface area (Å²) in [5, 5.41) is 5.98. The first-order valence-electron chi connectivity index (χ1n) is 8.35. The van der Waals surface area contributed by atoms with Gasteiger partial charge in [0.25, 0.3) is 0 Å². The van der Waals surface area contributed by atoms with Gasteiger partial charge in [-0.05, 0) is 43.7 Å². The van der Waals surface area contributed by atoms with E-state index in [2.05, 4.69) is 25.6 Å². The van der Waals surface area contributed by atoms with Gasteiger partial charge in [0.15, 0.2) is 0 Å². The third-order valence-electron chi connectivity index (χ3n) is 3.85. The highest BCUT2D eigenvalue weighted by Gasteiger charge is 2.32. The maximum atomic E-state index is 13.1. The number of nitrogens with one attached hydrogen (secondary N) is 2. The van der Waals surface area contributed by atoms with Crippen molar-refractivity contribution in [3.05, 3.63) is 59.9 Å². The van der Waals surface area contributed by atoms with Gasteiger partial charge in [-0.1, -0.05) is 6.07 Å². The first kappa shape index (κ1) is 18.6. The van der Waals surface area contributed by atoms with E-state index in [4.69, 9.17) is 0 Å². The minimum Gasteiger partial charge on any atom is -0.354 e. The summed E-state index contributed by atoms with van der Waals surface area (Å²) in [6, 6.07) is 9.39. The van der Waals surface area contributed by atoms with Gasteiger partial charge in [0.05, 0.1) is 11.3 Å². The second-order valence-corrected chi connectivity index (χ2v) is 5.88. The van der Waals surface area contributed by atoms with Gasteiger partial charge in [-0.2, -0.15) is 18.2 Å². The molecule has 5 nitrogen and oxygen atoms in total. The molecule has 0 bridgehead atoms. The van der Waals surface area contributed by atoms with Crippen LogP contribution in [-0.2, 0) is 6.18 Å². The first-order chi connectivity index (χ1) is 12.9. The minimum atomic E-state index is -4.41. The second kappa shape index (κ2) is 7.61. The SMILES string of the molecule is CCNc1nc(Nc2ccc(C)c(C(F)(F)F)c2)cc(-c2ccncc2)n1. The molecule has 3 aromatic rings. The largest absolute Gasteiger partial charge is 0.416 e. The van der Waals surface area contributed by atoms with Crippen LogP contribution in [0.2, 0.25) is 0 Å². The molecule has 140 valence electrons. The topological polar surface area (TPSA) is 62.7 Å². The summed E-state index contributed by atoms with van der Waals surface area (Å²) in [6.07, 6.45) is -1.12. The van der Waals surface area contributed by atoms with Gasteiger partial charge in [-0.25, -0.2) is 4.98 Å². The number of aromatic nitrogens is 3. The monoisotopic (exact) mass is 373 g/mol. The van der Waals surface area contributed by atoms with Crippen molar-refractivity contribution in [1.82, 2.24) is 15.0 Å². The van der Waals surface area contributed by atoms with Gasteiger partial charge in [-0.15, -0.1) is 0 Å². The summed E-state index contributed by atoms with van der Waals surface area (Å²) in [4.78, 5) is 12.7. The molecular weight excluding hydrogens is 355 g/mol. The van der Waals surface area contributed by atoms with E-state index in [1.807, 2.05) is 6.92 Å². The summed E-state index contributed by atoms with van der Waals surface area (Å²) in [7, 11) is 0. The van der Waals surface area contributed by atoms with Crippen LogP contribution in [0.15, 0.2) is 48.8 Å². The van der Waals surface area contributed by atoms with E-state index in [-0.39, 0.29) is 5.56 Å². The Morgan fingerprint density at radius 2 is 1.74 bits per heavy atom. The van der Waals surface area contributed by atoms with E-state index < -0.39 is 11.7 Å². The number of rotatable bonds is 5. The van der Waals surface area contributed by atoms with Gasteiger partial charge in [0.2, 0.25) is 5.95 Å². The van der Waals surface area contributed by atoms with Crippen LogP contribution < -0.4 is 10.6 Å². The maximum absolute atomic E-state index is 13.1. The molecule has 0 radical (unpaired) electrons. The van der Waals surface area contributed by atoms with Gasteiger partial charge in [0, 0.05) is 36.3 Å². The van der Waals surface area contributed by atoms with Crippen LogP contribution in [-0.4, -0.2) is 21.5 Å². The van der Waals surface area contributed by atoms with Gasteiger partial charge in [-0.3, -0.25) is 4.98 Å². The van der Waals surface area contributed by atoms with E-state index in [1.54, 1.807) is 36.7 Å². The molecule has 0 aliphatic heterocycles. The summed E-state index contributed by atoms with van der Waals surface area (Å²) in [6.45, 7) is 3.95. The standard InChI is InChI=1S/C19H18F3N5/c1-3-24-18-26-16(13-6-8-23-9-7-13)11-17(27-18)25-14-5-4-12(2)15(10-14)19(20,21)22/h4-11H,3H2,1-2H3,(H2,24,25,26,27). The normalized spacial score (nSPS) is 11.3. The molecule has 0 fully saturated rings. The highest BCUT2D eigenvalue weighted by Crippen LogP contribution is 2.34. The predicted octanol–water partition coefficient (Wildman–Crippen LogP) is 5.04. The number of nitrogens with zero attached hydrogens (tertiary/aromatic N) is 3. The lowest BCUT2D eigenvalue weighted by molar-refractivity contribution is -0.138. The van der Waals surface area contributed by atoms with E-state index >= 15 is 0 Å². The molecule has 0 aliphatic carbocycles. The Kier molecular flexibility index (Phi) is 5.25. The highest BCUT2D eigenvalue weighted by atomic mass is 19.4. The Bertz CT molecular complexity index is 926. The van der Waals surface area contributed by atoms with Crippen molar-refractivity contribution in [3.8, 4) is 11.3 Å². The quantitative estimate of drug-likeness (QED) is 0.656. The summed E-state index contributed by atoms with van der Waals surface area (Å²) < 4.78 is 39.4. The predicted molar refractivity (Wildman–Crippen MR) is 98.9 cm³/mol. The molecule has 0 saturated carbocycles. The molecule has 0 saturated heterocycles. The molecule has 0 unspecified atom stereocenters. The fourth-order valence-electron chi connectivity index (χ4n) is 2.57. The van der Waals surface area contributed by atoms with Crippen molar-refractivity contribution < 1.29 is 13.2 Å². The van der Waals surface area contributed by atoms with E-state index in [0.29, 0.717) is 29.7 Å². The average molecular weight is 373 g/mol. The van der Waals surface area contributed by atoms with Crippen LogP contribution in [0.5, 0.6) is 0 Å². The van der Waals surface area contributed by atoms with Crippen LogP contribution in [0, 0.1) is 6.92 Å². The molecule has 1 aromatic carbocycles. The van der Waals surface area contributed by atoms with E-state index in [0.717, 1.165) is 11.6 Å². The zero-order chi connectivity index (χ0) is 19.4. The van der Waals surface area contributed by atoms with Crippen molar-refractivity contribution in [2.45, 2.75) is 20.0 Å². The lowest BCUT2D eigenvalue weighted by Crippen LogP contribution is -2.09. The second-order valence-electron chi connectivity index (χ2n) is 5.88. The van der Waals surface area contributed by atoms with Crippen molar-refractivity contribution >= 4 is 17.5 Å². The van der Waals surface area contributed by atoms with Crippen molar-refractivity contribution in [2.75, 3.05) is 17.2 Å². The summed E-state index contributed by atoms with van der Waals surface area (Å²) >= 11 is 0. The molecular formula is C19H18F3N5. The van der Waals surface area contributed by atoms with Crippen molar-refractivity contribution in [1.29, 1.82) is 0 Å². The number of halogens is 3. The fraction of sp³-hybridized carbons (Fsp3) is 0.211. The lowest BCUT2D eigenvalue weighted by atomic mass is 10.1. The van der Waals surface area contributed by atoms with Crippen LogP contribution in [0.25, 0.3) is 11.3 Å². The molecule has 3 rings (SSSR count). The number of hydrogen-bond donors (Lipinski definition) is 2. The number of benzene rings is 1. The van der Waals surface area contributed by atoms with Crippen LogP contribution >= 0.6 is 0 Å². The van der Waals surface area contributed by atoms with Crippen LogP contribution in [0.1, 0.15) is 18.1 Å². The zero-order valence-corrected chi connectivity index (χ0v) is 14.8. The molecule has 8 heteroatoms. The summed E-state index contributed by atoms with van der Waals surface area (Å²) in [5.74, 6) is 0.780. The minimum absolute atomic E-state index is 0.168. The van der Waals surface area contributed by atoms with E-state index in [9.17, 15) is 13.2 Å². The Balaban J connectivity index is 1.98. The molecule has 27 heavy (non-hydrogen) atoms. The van der Waals surface area contributed by atoms with Crippen LogP contribution in [0.4, 0.5) is 30.6 Å². The Hall–Kier alpha value is -3.16. The number of aryl methyl sites for hydroxylation is 1. The number of alkyl halides is 3. The molecule has 0 aliphatic rings. The Morgan fingerprint density at radius 3 is 2.41 bits per heavy atom. The number of pyridine rings is 1. The first-order valence-corrected chi connectivity index (χ1v) is 8.35. The highest BCUT2D eigenvalue weighted by molar-refractivity contribution is 5.67. The maximum Gasteiger partial charge on any atom is 0.416 e. The average Bonchev–Trinajstić information content (AvgIpc) is 2.63. The molecule has 0 amide bonds. The molecule has 0 atom stereocenters. The van der Waals surface area contributed by atoms with Crippen molar-refractivity contribution in [3.63, 3.8) is 0 Å². The van der Waals surface area contributed by atoms with Gasteiger partial charge < -0.3 is 10.6 Å². The number of anilines is 3. The van der Waals surface area contributed by atoms with Gasteiger partial charge in [0.1, 0.15) is 5.82 Å². The summed E-state index contributed by atoms with van der Waals surface area (Å²) in [5.41, 5.74) is 1.25. The Morgan fingerprint density at radius 1 is 1.00 bits per heavy atom. The third kappa shape index (κ3) is 4.52. The third-order valence-corrected chi connectivity index (χ3v) is 3.85. The fourth-order valence-corrected chi connectivity index (χ4v) is 2.57.